The summed E-state index contributed by atoms with van der Waals surface area (Å²) in [4.78, 5) is 8.43. The lowest BCUT2D eigenvalue weighted by molar-refractivity contribution is -0.185. The number of nitriles is 1. The third-order valence-electron chi connectivity index (χ3n) is 7.02. The summed E-state index contributed by atoms with van der Waals surface area (Å²) in [7, 11) is 1.40. The van der Waals surface area contributed by atoms with Gasteiger partial charge in [0, 0.05) is 36.1 Å². The van der Waals surface area contributed by atoms with Gasteiger partial charge in [-0.15, -0.1) is 5.10 Å². The molecule has 1 saturated carbocycles. The van der Waals surface area contributed by atoms with E-state index in [9.17, 15) is 18.4 Å². The molecule has 5 rings (SSSR count). The second kappa shape index (κ2) is 10.6. The molecule has 0 saturated heterocycles. The molecular formula is C28H27ClF4N8O. The maximum absolute atomic E-state index is 15.8. The zero-order valence-electron chi connectivity index (χ0n) is 23.1. The van der Waals surface area contributed by atoms with Gasteiger partial charge < -0.3 is 15.4 Å². The maximum Gasteiger partial charge on any atom is 0.413 e. The Bertz CT molecular complexity index is 1690. The van der Waals surface area contributed by atoms with Crippen LogP contribution >= 0.6 is 11.6 Å². The second-order valence-corrected chi connectivity index (χ2v) is 11.7. The highest BCUT2D eigenvalue weighted by Crippen LogP contribution is 2.55. The van der Waals surface area contributed by atoms with Crippen LogP contribution in [0.2, 0.25) is 5.02 Å². The third kappa shape index (κ3) is 5.38. The minimum Gasteiger partial charge on any atom is -0.481 e. The highest BCUT2D eigenvalue weighted by Gasteiger charge is 2.67. The lowest BCUT2D eigenvalue weighted by Crippen LogP contribution is -2.36. The summed E-state index contributed by atoms with van der Waals surface area (Å²) < 4.78 is 62.8. The average Bonchev–Trinajstić information content (AvgIpc) is 3.67. The van der Waals surface area contributed by atoms with Gasteiger partial charge in [0.2, 0.25) is 11.8 Å². The maximum atomic E-state index is 15.8. The average molecular weight is 603 g/mol. The molecule has 2 N–H and O–H groups in total. The Kier molecular flexibility index (Phi) is 7.39. The summed E-state index contributed by atoms with van der Waals surface area (Å²) in [5.74, 6) is -1.01. The van der Waals surface area contributed by atoms with Crippen LogP contribution in [-0.4, -0.2) is 44.8 Å². The van der Waals surface area contributed by atoms with Crippen LogP contribution in [0.15, 0.2) is 36.7 Å². The summed E-state index contributed by atoms with van der Waals surface area (Å²) in [5.41, 5.74) is -0.892. The van der Waals surface area contributed by atoms with Crippen LogP contribution in [0.25, 0.3) is 10.9 Å². The number of aromatic nitrogens is 5. The number of methoxy groups -OCH3 is 1. The Hall–Kier alpha value is -4.18. The van der Waals surface area contributed by atoms with Crippen molar-refractivity contribution in [3.05, 3.63) is 64.5 Å². The van der Waals surface area contributed by atoms with E-state index in [-0.39, 0.29) is 34.9 Å². The first kappa shape index (κ1) is 29.3. The number of alkyl halides is 3. The Morgan fingerprint density at radius 1 is 1.19 bits per heavy atom. The summed E-state index contributed by atoms with van der Waals surface area (Å²) in [6.07, 6.45) is -2.43. The molecule has 0 aliphatic heterocycles. The van der Waals surface area contributed by atoms with Crippen molar-refractivity contribution in [3.63, 3.8) is 0 Å². The van der Waals surface area contributed by atoms with Gasteiger partial charge in [0.25, 0.3) is 0 Å². The predicted molar refractivity (Wildman–Crippen MR) is 149 cm³/mol. The molecule has 14 heteroatoms. The number of anilines is 2. The minimum absolute atomic E-state index is 0.119. The van der Waals surface area contributed by atoms with E-state index in [1.165, 1.54) is 25.6 Å². The lowest BCUT2D eigenvalue weighted by Gasteiger charge is -2.23. The number of rotatable bonds is 8. The van der Waals surface area contributed by atoms with Gasteiger partial charge >= 0.3 is 6.18 Å². The zero-order valence-corrected chi connectivity index (χ0v) is 23.9. The molecule has 1 fully saturated rings. The number of benzene rings is 1. The fourth-order valence-electron chi connectivity index (χ4n) is 4.63. The van der Waals surface area contributed by atoms with Crippen LogP contribution < -0.4 is 15.4 Å². The Balaban J connectivity index is 1.63. The first-order valence-corrected chi connectivity index (χ1v) is 13.4. The highest BCUT2D eigenvalue weighted by molar-refractivity contribution is 6.35. The highest BCUT2D eigenvalue weighted by atomic mass is 35.5. The first-order chi connectivity index (χ1) is 19.8. The second-order valence-electron chi connectivity index (χ2n) is 11.3. The lowest BCUT2D eigenvalue weighted by atomic mass is 9.96. The number of hydrogen-bond donors (Lipinski definition) is 2. The van der Waals surface area contributed by atoms with Gasteiger partial charge in [-0.3, -0.25) is 4.98 Å². The number of nitrogens with one attached hydrogen (secondary N) is 2. The van der Waals surface area contributed by atoms with Gasteiger partial charge in [0.15, 0.2) is 5.54 Å². The SMILES string of the molecule is COc1cc([C@H](Nc2cc(Cl)c3ncc(C#N)c(NCC(C)(C)C)c3c2)c2nnn(C3(C(F)(F)F)CC3)c2F)ccn1. The van der Waals surface area contributed by atoms with Crippen LogP contribution in [0.5, 0.6) is 5.88 Å². The number of pyridine rings is 2. The first-order valence-electron chi connectivity index (χ1n) is 13.0. The van der Waals surface area contributed by atoms with Gasteiger partial charge in [-0.2, -0.15) is 22.8 Å². The standard InChI is InChI=1S/C28H27ClF4N8O/c1-26(2,3)14-37-21-16(12-34)13-36-23-18(21)10-17(11-19(23)29)38-22(15-5-8-35-20(9-15)42-4)24-25(30)41(40-39-24)27(6-7-27)28(31,32)33/h5,8-11,13,22,38H,6-7,14H2,1-4H3,(H,36,37)/t22-/m0/s1. The molecule has 1 aliphatic rings. The van der Waals surface area contributed by atoms with Gasteiger partial charge in [0.05, 0.1) is 28.9 Å². The third-order valence-corrected chi connectivity index (χ3v) is 7.31. The van der Waals surface area contributed by atoms with E-state index in [4.69, 9.17) is 16.3 Å². The summed E-state index contributed by atoms with van der Waals surface area (Å²) in [6, 6.07) is 7.34. The zero-order chi connectivity index (χ0) is 30.4. The van der Waals surface area contributed by atoms with Gasteiger partial charge in [-0.05, 0) is 42.0 Å². The molecular weight excluding hydrogens is 576 g/mol. The van der Waals surface area contributed by atoms with Crippen molar-refractivity contribution in [2.24, 2.45) is 5.41 Å². The molecule has 3 aromatic heterocycles. The Morgan fingerprint density at radius 2 is 1.93 bits per heavy atom. The number of hydrogen-bond acceptors (Lipinski definition) is 8. The monoisotopic (exact) mass is 602 g/mol. The van der Waals surface area contributed by atoms with E-state index in [1.807, 2.05) is 20.8 Å². The van der Waals surface area contributed by atoms with E-state index < -0.39 is 23.7 Å². The van der Waals surface area contributed by atoms with Gasteiger partial charge in [-0.25, -0.2) is 9.67 Å². The van der Waals surface area contributed by atoms with Crippen molar-refractivity contribution in [1.82, 2.24) is 25.0 Å². The molecule has 1 aliphatic carbocycles. The van der Waals surface area contributed by atoms with Crippen LogP contribution in [0, 0.1) is 22.7 Å². The van der Waals surface area contributed by atoms with Crippen molar-refractivity contribution in [3.8, 4) is 11.9 Å². The molecule has 0 spiro atoms. The molecule has 0 bridgehead atoms. The van der Waals surface area contributed by atoms with Gasteiger partial charge in [0.1, 0.15) is 17.8 Å². The Labute approximate surface area is 243 Å². The molecule has 1 aromatic carbocycles. The quantitative estimate of drug-likeness (QED) is 0.217. The smallest absolute Gasteiger partial charge is 0.413 e. The van der Waals surface area contributed by atoms with Crippen molar-refractivity contribution in [1.29, 1.82) is 5.26 Å². The molecule has 1 atom stereocenters. The van der Waals surface area contributed by atoms with Crippen LogP contribution in [0.3, 0.4) is 0 Å². The summed E-state index contributed by atoms with van der Waals surface area (Å²) in [5, 5.41) is 24.5. The molecule has 0 radical (unpaired) electrons. The molecule has 0 unspecified atom stereocenters. The number of halogens is 5. The summed E-state index contributed by atoms with van der Waals surface area (Å²) >= 11 is 6.62. The molecule has 3 heterocycles. The number of fused-ring (bicyclic) bond motifs is 1. The van der Waals surface area contributed by atoms with Crippen molar-refractivity contribution >= 4 is 33.9 Å². The molecule has 220 valence electrons. The fourth-order valence-corrected chi connectivity index (χ4v) is 4.90. The van der Waals surface area contributed by atoms with E-state index in [2.05, 4.69) is 37.0 Å². The van der Waals surface area contributed by atoms with E-state index in [0.717, 1.165) is 0 Å². The fraction of sp³-hybridized carbons (Fsp3) is 0.393. The molecule has 42 heavy (non-hydrogen) atoms. The molecule has 4 aromatic rings. The van der Waals surface area contributed by atoms with E-state index >= 15 is 4.39 Å². The molecule has 9 nitrogen and oxygen atoms in total. The van der Waals surface area contributed by atoms with E-state index in [0.29, 0.717) is 44.6 Å². The van der Waals surface area contributed by atoms with Crippen LogP contribution in [-0.2, 0) is 5.54 Å². The largest absolute Gasteiger partial charge is 0.481 e. The number of ether oxygens (including phenoxy) is 1. The van der Waals surface area contributed by atoms with Crippen molar-refractivity contribution in [2.75, 3.05) is 24.3 Å². The van der Waals surface area contributed by atoms with Crippen molar-refractivity contribution < 1.29 is 22.3 Å². The topological polar surface area (TPSA) is 114 Å². The van der Waals surface area contributed by atoms with Crippen LogP contribution in [0.4, 0.5) is 28.9 Å². The summed E-state index contributed by atoms with van der Waals surface area (Å²) in [6.45, 7) is 6.64. The normalized spacial score (nSPS) is 15.2. The van der Waals surface area contributed by atoms with E-state index in [1.54, 1.807) is 18.2 Å². The van der Waals surface area contributed by atoms with Gasteiger partial charge in [-0.1, -0.05) is 37.6 Å². The predicted octanol–water partition coefficient (Wildman–Crippen LogP) is 6.60. The van der Waals surface area contributed by atoms with Crippen molar-refractivity contribution in [2.45, 2.75) is 51.4 Å². The molecule has 0 amide bonds. The minimum atomic E-state index is -4.70. The Morgan fingerprint density at radius 3 is 2.55 bits per heavy atom. The van der Waals surface area contributed by atoms with Crippen LogP contribution in [0.1, 0.15) is 56.5 Å². The number of nitrogens with zero attached hydrogens (tertiary/aromatic N) is 6.